The molecule has 0 aliphatic rings. The van der Waals surface area contributed by atoms with Gasteiger partial charge in [-0.05, 0) is 19.5 Å². The Kier molecular flexibility index (Phi) is 6.11. The fourth-order valence-electron chi connectivity index (χ4n) is 1.63. The summed E-state index contributed by atoms with van der Waals surface area (Å²) in [5, 5.41) is 0. The van der Waals surface area contributed by atoms with E-state index in [1.165, 1.54) is 5.56 Å². The number of ether oxygens (including phenoxy) is 1. The van der Waals surface area contributed by atoms with Crippen molar-refractivity contribution in [3.05, 3.63) is 35.4 Å². The summed E-state index contributed by atoms with van der Waals surface area (Å²) < 4.78 is 5.33. The summed E-state index contributed by atoms with van der Waals surface area (Å²) in [6, 6.07) is 7.99. The van der Waals surface area contributed by atoms with E-state index < -0.39 is 0 Å². The van der Waals surface area contributed by atoms with Gasteiger partial charge in [0.1, 0.15) is 4.99 Å². The maximum Gasteiger partial charge on any atom is 0.104 e. The highest BCUT2D eigenvalue weighted by molar-refractivity contribution is 7.80. The SMILES string of the molecule is CCOCCN(C)Cc1ccccc1C(N)=S. The van der Waals surface area contributed by atoms with Crippen molar-refractivity contribution in [1.82, 2.24) is 4.90 Å². The van der Waals surface area contributed by atoms with Gasteiger partial charge in [0.25, 0.3) is 0 Å². The van der Waals surface area contributed by atoms with Crippen LogP contribution in [0.25, 0.3) is 0 Å². The van der Waals surface area contributed by atoms with Gasteiger partial charge in [0.2, 0.25) is 0 Å². The fraction of sp³-hybridized carbons (Fsp3) is 0.462. The quantitative estimate of drug-likeness (QED) is 0.593. The summed E-state index contributed by atoms with van der Waals surface area (Å²) in [7, 11) is 2.06. The molecule has 0 bridgehead atoms. The lowest BCUT2D eigenvalue weighted by molar-refractivity contribution is 0.120. The molecule has 3 nitrogen and oxygen atoms in total. The Morgan fingerprint density at radius 1 is 1.41 bits per heavy atom. The standard InChI is InChI=1S/C13H20N2OS/c1-3-16-9-8-15(2)10-11-6-4-5-7-12(11)13(14)17/h4-7H,3,8-10H2,1-2H3,(H2,14,17). The number of hydrogen-bond acceptors (Lipinski definition) is 3. The van der Waals surface area contributed by atoms with Crippen molar-refractivity contribution in [3.63, 3.8) is 0 Å². The van der Waals surface area contributed by atoms with Crippen LogP contribution in [0.1, 0.15) is 18.1 Å². The largest absolute Gasteiger partial charge is 0.389 e. The van der Waals surface area contributed by atoms with E-state index in [0.29, 0.717) is 4.99 Å². The van der Waals surface area contributed by atoms with Crippen LogP contribution in [0.15, 0.2) is 24.3 Å². The fourth-order valence-corrected chi connectivity index (χ4v) is 1.83. The minimum atomic E-state index is 0.457. The van der Waals surface area contributed by atoms with Crippen LogP contribution in [0.2, 0.25) is 0 Å². The first-order chi connectivity index (χ1) is 8.15. The van der Waals surface area contributed by atoms with E-state index in [0.717, 1.165) is 31.9 Å². The summed E-state index contributed by atoms with van der Waals surface area (Å²) in [4.78, 5) is 2.66. The third-order valence-corrected chi connectivity index (χ3v) is 2.76. The first kappa shape index (κ1) is 14.1. The van der Waals surface area contributed by atoms with Crippen LogP contribution < -0.4 is 5.73 Å². The van der Waals surface area contributed by atoms with Crippen LogP contribution in [0.4, 0.5) is 0 Å². The Hall–Kier alpha value is -0.970. The van der Waals surface area contributed by atoms with Crippen LogP contribution in [-0.2, 0) is 11.3 Å². The lowest BCUT2D eigenvalue weighted by atomic mass is 10.1. The highest BCUT2D eigenvalue weighted by Gasteiger charge is 2.06. The van der Waals surface area contributed by atoms with E-state index in [9.17, 15) is 0 Å². The Morgan fingerprint density at radius 3 is 2.76 bits per heavy atom. The average molecular weight is 252 g/mol. The van der Waals surface area contributed by atoms with E-state index in [-0.39, 0.29) is 0 Å². The molecule has 0 aliphatic heterocycles. The molecule has 0 spiro atoms. The van der Waals surface area contributed by atoms with Gasteiger partial charge in [-0.15, -0.1) is 0 Å². The molecule has 2 N–H and O–H groups in total. The van der Waals surface area contributed by atoms with Crippen molar-refractivity contribution < 1.29 is 4.74 Å². The van der Waals surface area contributed by atoms with Gasteiger partial charge < -0.3 is 10.5 Å². The van der Waals surface area contributed by atoms with Crippen molar-refractivity contribution in [1.29, 1.82) is 0 Å². The van der Waals surface area contributed by atoms with Crippen molar-refractivity contribution in [2.45, 2.75) is 13.5 Å². The van der Waals surface area contributed by atoms with Gasteiger partial charge in [0, 0.05) is 25.3 Å². The highest BCUT2D eigenvalue weighted by Crippen LogP contribution is 2.10. The van der Waals surface area contributed by atoms with E-state index in [4.69, 9.17) is 22.7 Å². The van der Waals surface area contributed by atoms with Gasteiger partial charge in [-0.3, -0.25) is 4.90 Å². The van der Waals surface area contributed by atoms with Crippen LogP contribution >= 0.6 is 12.2 Å². The molecule has 0 saturated carbocycles. The van der Waals surface area contributed by atoms with E-state index in [2.05, 4.69) is 18.0 Å². The molecule has 0 radical (unpaired) electrons. The van der Waals surface area contributed by atoms with Gasteiger partial charge in [-0.1, -0.05) is 36.5 Å². The van der Waals surface area contributed by atoms with E-state index >= 15 is 0 Å². The zero-order valence-corrected chi connectivity index (χ0v) is 11.3. The Labute approximate surface area is 109 Å². The topological polar surface area (TPSA) is 38.5 Å². The minimum absolute atomic E-state index is 0.457. The second-order valence-corrected chi connectivity index (χ2v) is 4.40. The zero-order chi connectivity index (χ0) is 12.7. The van der Waals surface area contributed by atoms with Crippen LogP contribution in [0.3, 0.4) is 0 Å². The number of benzene rings is 1. The Bertz CT molecular complexity index is 368. The van der Waals surface area contributed by atoms with E-state index in [1.54, 1.807) is 0 Å². The van der Waals surface area contributed by atoms with Crippen LogP contribution in [0.5, 0.6) is 0 Å². The number of nitrogens with zero attached hydrogens (tertiary/aromatic N) is 1. The average Bonchev–Trinajstić information content (AvgIpc) is 2.29. The van der Waals surface area contributed by atoms with Crippen LogP contribution in [0, 0.1) is 0 Å². The number of nitrogens with two attached hydrogens (primary N) is 1. The monoisotopic (exact) mass is 252 g/mol. The molecular formula is C13H20N2OS. The van der Waals surface area contributed by atoms with Gasteiger partial charge in [-0.25, -0.2) is 0 Å². The molecule has 0 saturated heterocycles. The normalized spacial score (nSPS) is 10.8. The molecule has 4 heteroatoms. The predicted octanol–water partition coefficient (Wildman–Crippen LogP) is 1.79. The lowest BCUT2D eigenvalue weighted by Crippen LogP contribution is -2.24. The summed E-state index contributed by atoms with van der Waals surface area (Å²) in [6.07, 6.45) is 0. The summed E-state index contributed by atoms with van der Waals surface area (Å²) in [5.41, 5.74) is 7.83. The number of rotatable bonds is 7. The minimum Gasteiger partial charge on any atom is -0.389 e. The molecule has 0 heterocycles. The smallest absolute Gasteiger partial charge is 0.104 e. The molecule has 0 aromatic heterocycles. The van der Waals surface area contributed by atoms with Gasteiger partial charge >= 0.3 is 0 Å². The first-order valence-corrected chi connectivity index (χ1v) is 6.20. The molecule has 0 unspecified atom stereocenters. The molecule has 17 heavy (non-hydrogen) atoms. The van der Waals surface area contributed by atoms with Crippen LogP contribution in [-0.4, -0.2) is 36.7 Å². The van der Waals surface area contributed by atoms with Crippen molar-refractivity contribution in [2.75, 3.05) is 26.8 Å². The second-order valence-electron chi connectivity index (χ2n) is 3.96. The van der Waals surface area contributed by atoms with Crippen molar-refractivity contribution in [2.24, 2.45) is 5.73 Å². The Morgan fingerprint density at radius 2 is 2.12 bits per heavy atom. The summed E-state index contributed by atoms with van der Waals surface area (Å²) in [5.74, 6) is 0. The number of thiocarbonyl (C=S) groups is 1. The predicted molar refractivity (Wildman–Crippen MR) is 75.2 cm³/mol. The molecule has 0 atom stereocenters. The highest BCUT2D eigenvalue weighted by atomic mass is 32.1. The van der Waals surface area contributed by atoms with Gasteiger partial charge in [0.05, 0.1) is 6.61 Å². The summed E-state index contributed by atoms with van der Waals surface area (Å²) in [6.45, 7) is 5.25. The molecule has 0 fully saturated rings. The first-order valence-electron chi connectivity index (χ1n) is 5.79. The molecule has 94 valence electrons. The molecule has 1 aromatic carbocycles. The number of hydrogen-bond donors (Lipinski definition) is 1. The second kappa shape index (κ2) is 7.37. The van der Waals surface area contributed by atoms with Gasteiger partial charge in [0.15, 0.2) is 0 Å². The van der Waals surface area contributed by atoms with E-state index in [1.807, 2.05) is 25.1 Å². The molecular weight excluding hydrogens is 232 g/mol. The maximum absolute atomic E-state index is 5.70. The molecule has 0 amide bonds. The molecule has 1 rings (SSSR count). The summed E-state index contributed by atoms with van der Waals surface area (Å²) >= 11 is 5.04. The van der Waals surface area contributed by atoms with Gasteiger partial charge in [-0.2, -0.15) is 0 Å². The zero-order valence-electron chi connectivity index (χ0n) is 10.5. The Balaban J connectivity index is 2.58. The maximum atomic E-state index is 5.70. The third-order valence-electron chi connectivity index (χ3n) is 2.54. The lowest BCUT2D eigenvalue weighted by Gasteiger charge is -2.18. The van der Waals surface area contributed by atoms with Crippen molar-refractivity contribution in [3.8, 4) is 0 Å². The number of likely N-dealkylation sites (N-methyl/N-ethyl adjacent to an activating group) is 1. The molecule has 1 aromatic rings. The van der Waals surface area contributed by atoms with Crippen molar-refractivity contribution >= 4 is 17.2 Å². The third kappa shape index (κ3) is 4.81. The molecule has 0 aliphatic carbocycles.